The zero-order valence-electron chi connectivity index (χ0n) is 19.0. The predicted molar refractivity (Wildman–Crippen MR) is 128 cm³/mol. The van der Waals surface area contributed by atoms with Crippen molar-refractivity contribution in [1.82, 2.24) is 5.32 Å². The van der Waals surface area contributed by atoms with Crippen LogP contribution in [0.2, 0.25) is 0 Å². The number of thioether (sulfide) groups is 1. The fourth-order valence-electron chi connectivity index (χ4n) is 3.92. The number of hydrogen-bond acceptors (Lipinski definition) is 8. The van der Waals surface area contributed by atoms with Gasteiger partial charge < -0.3 is 19.5 Å². The molecule has 2 aliphatic rings. The van der Waals surface area contributed by atoms with Crippen molar-refractivity contribution >= 4 is 41.1 Å². The van der Waals surface area contributed by atoms with E-state index in [2.05, 4.69) is 10.6 Å². The van der Waals surface area contributed by atoms with Crippen LogP contribution in [0.5, 0.6) is 11.5 Å². The third-order valence-electron chi connectivity index (χ3n) is 5.70. The van der Waals surface area contributed by atoms with Crippen LogP contribution in [0.15, 0.2) is 47.4 Å². The maximum Gasteiger partial charge on any atom is 0.339 e. The molecule has 1 saturated carbocycles. The second kappa shape index (κ2) is 11.7. The molecule has 0 spiro atoms. The van der Waals surface area contributed by atoms with Gasteiger partial charge in [-0.1, -0.05) is 31.4 Å². The Bertz CT molecular complexity index is 1110. The quantitative estimate of drug-likeness (QED) is 0.419. The monoisotopic (exact) mass is 498 g/mol. The number of nitrogens with one attached hydrogen (secondary N) is 2. The summed E-state index contributed by atoms with van der Waals surface area (Å²) in [6, 6.07) is 11.8. The molecule has 2 N–H and O–H groups in total. The highest BCUT2D eigenvalue weighted by Crippen LogP contribution is 2.34. The number of fused-ring (bicyclic) bond motifs is 1. The molecule has 4 rings (SSSR count). The first-order valence-corrected chi connectivity index (χ1v) is 12.4. The topological polar surface area (TPSA) is 120 Å². The Labute approximate surface area is 206 Å². The van der Waals surface area contributed by atoms with Crippen LogP contribution in [0.1, 0.15) is 42.5 Å². The van der Waals surface area contributed by atoms with Gasteiger partial charge in [0.15, 0.2) is 18.1 Å². The summed E-state index contributed by atoms with van der Waals surface area (Å²) in [6.07, 6.45) is 4.60. The van der Waals surface area contributed by atoms with Crippen LogP contribution >= 0.6 is 11.8 Å². The molecule has 1 fully saturated rings. The number of carbonyl (C=O) groups is 4. The van der Waals surface area contributed by atoms with Crippen molar-refractivity contribution in [2.24, 2.45) is 5.92 Å². The molecule has 0 saturated heterocycles. The summed E-state index contributed by atoms with van der Waals surface area (Å²) in [6.45, 7) is -0.408. The molecular weight excluding hydrogens is 472 g/mol. The molecule has 0 atom stereocenters. The van der Waals surface area contributed by atoms with E-state index in [4.69, 9.17) is 14.2 Å². The summed E-state index contributed by atoms with van der Waals surface area (Å²) in [5.41, 5.74) is 0.807. The predicted octanol–water partition coefficient (Wildman–Crippen LogP) is 3.53. The molecule has 1 aliphatic carbocycles. The summed E-state index contributed by atoms with van der Waals surface area (Å²) in [5.74, 6) is -0.858. The van der Waals surface area contributed by atoms with Crippen molar-refractivity contribution in [2.45, 2.75) is 37.0 Å². The Morgan fingerprint density at radius 2 is 1.71 bits per heavy atom. The lowest BCUT2D eigenvalue weighted by molar-refractivity contribution is -0.135. The molecule has 0 bridgehead atoms. The summed E-state index contributed by atoms with van der Waals surface area (Å²) < 4.78 is 15.7. The van der Waals surface area contributed by atoms with E-state index in [1.54, 1.807) is 42.5 Å². The second-order valence-electron chi connectivity index (χ2n) is 8.22. The standard InChI is InChI=1S/C25H26N2O7S/c28-22(27-24(30)16-6-2-1-3-7-16)13-32-25(31)18-8-4-5-9-21(18)35-14-23(29)26-17-10-11-19-20(12-17)34-15-33-19/h4-5,8-12,16H,1-3,6-7,13-15H2,(H,26,29)(H,27,28,30). The van der Waals surface area contributed by atoms with Crippen molar-refractivity contribution in [3.63, 3.8) is 0 Å². The number of imide groups is 1. The molecule has 9 nitrogen and oxygen atoms in total. The van der Waals surface area contributed by atoms with E-state index in [-0.39, 0.29) is 35.8 Å². The van der Waals surface area contributed by atoms with Crippen molar-refractivity contribution in [3.8, 4) is 11.5 Å². The zero-order valence-corrected chi connectivity index (χ0v) is 19.9. The summed E-state index contributed by atoms with van der Waals surface area (Å²) in [5, 5.41) is 5.10. The van der Waals surface area contributed by atoms with Gasteiger partial charge in [0.05, 0.1) is 11.3 Å². The molecular formula is C25H26N2O7S. The lowest BCUT2D eigenvalue weighted by atomic mass is 9.89. The Morgan fingerprint density at radius 1 is 0.943 bits per heavy atom. The minimum Gasteiger partial charge on any atom is -0.454 e. The maximum absolute atomic E-state index is 12.6. The number of benzene rings is 2. The molecule has 2 aromatic carbocycles. The molecule has 0 unspecified atom stereocenters. The molecule has 35 heavy (non-hydrogen) atoms. The van der Waals surface area contributed by atoms with E-state index in [0.717, 1.165) is 32.1 Å². The molecule has 2 aromatic rings. The minimum atomic E-state index is -0.704. The van der Waals surface area contributed by atoms with Gasteiger partial charge in [-0.25, -0.2) is 4.79 Å². The Morgan fingerprint density at radius 3 is 2.54 bits per heavy atom. The van der Waals surface area contributed by atoms with E-state index in [1.165, 1.54) is 11.8 Å². The van der Waals surface area contributed by atoms with Gasteiger partial charge in [-0.3, -0.25) is 19.7 Å². The average Bonchev–Trinajstić information content (AvgIpc) is 3.35. The van der Waals surface area contributed by atoms with Crippen LogP contribution < -0.4 is 20.1 Å². The van der Waals surface area contributed by atoms with Crippen LogP contribution in [-0.2, 0) is 19.1 Å². The molecule has 3 amide bonds. The van der Waals surface area contributed by atoms with Gasteiger partial charge in [0.1, 0.15) is 0 Å². The van der Waals surface area contributed by atoms with Gasteiger partial charge in [-0.2, -0.15) is 0 Å². The molecule has 10 heteroatoms. The minimum absolute atomic E-state index is 0.0507. The van der Waals surface area contributed by atoms with E-state index in [9.17, 15) is 19.2 Å². The first-order valence-electron chi connectivity index (χ1n) is 11.4. The van der Waals surface area contributed by atoms with Crippen LogP contribution in [0.4, 0.5) is 5.69 Å². The normalized spacial score (nSPS) is 14.7. The van der Waals surface area contributed by atoms with Gasteiger partial charge in [0.2, 0.25) is 18.6 Å². The third kappa shape index (κ3) is 6.75. The Hall–Kier alpha value is -3.53. The van der Waals surface area contributed by atoms with Gasteiger partial charge in [-0.05, 0) is 37.1 Å². The molecule has 0 aromatic heterocycles. The van der Waals surface area contributed by atoms with Gasteiger partial charge in [0, 0.05) is 22.6 Å². The van der Waals surface area contributed by atoms with Crippen molar-refractivity contribution in [2.75, 3.05) is 24.5 Å². The average molecular weight is 499 g/mol. The summed E-state index contributed by atoms with van der Waals surface area (Å²) >= 11 is 1.17. The smallest absolute Gasteiger partial charge is 0.339 e. The van der Waals surface area contributed by atoms with E-state index >= 15 is 0 Å². The molecule has 0 radical (unpaired) electrons. The molecule has 1 aliphatic heterocycles. The van der Waals surface area contributed by atoms with Gasteiger partial charge in [-0.15, -0.1) is 11.8 Å². The number of rotatable bonds is 8. The van der Waals surface area contributed by atoms with Crippen LogP contribution in [0, 0.1) is 5.92 Å². The second-order valence-corrected chi connectivity index (χ2v) is 9.24. The Kier molecular flexibility index (Phi) is 8.25. The fourth-order valence-corrected chi connectivity index (χ4v) is 4.77. The van der Waals surface area contributed by atoms with Crippen molar-refractivity contribution in [1.29, 1.82) is 0 Å². The lowest BCUT2D eigenvalue weighted by Crippen LogP contribution is -2.38. The number of esters is 1. The van der Waals surface area contributed by atoms with E-state index in [1.807, 2.05) is 0 Å². The van der Waals surface area contributed by atoms with Crippen molar-refractivity contribution in [3.05, 3.63) is 48.0 Å². The lowest BCUT2D eigenvalue weighted by Gasteiger charge is -2.20. The highest BCUT2D eigenvalue weighted by molar-refractivity contribution is 8.00. The third-order valence-corrected chi connectivity index (χ3v) is 6.77. The number of amides is 3. The van der Waals surface area contributed by atoms with E-state index in [0.29, 0.717) is 22.1 Å². The molecule has 1 heterocycles. The highest BCUT2D eigenvalue weighted by Gasteiger charge is 2.23. The van der Waals surface area contributed by atoms with Gasteiger partial charge in [0.25, 0.3) is 5.91 Å². The highest BCUT2D eigenvalue weighted by atomic mass is 32.2. The number of ether oxygens (including phenoxy) is 3. The first kappa shape index (κ1) is 24.6. The SMILES string of the molecule is O=C(COC(=O)c1ccccc1SCC(=O)Nc1ccc2c(c1)OCO2)NC(=O)C1CCCCC1. The first-order chi connectivity index (χ1) is 17.0. The van der Waals surface area contributed by atoms with Crippen LogP contribution in [0.3, 0.4) is 0 Å². The van der Waals surface area contributed by atoms with E-state index < -0.39 is 18.5 Å². The van der Waals surface area contributed by atoms with Crippen molar-refractivity contribution < 1.29 is 33.4 Å². The van der Waals surface area contributed by atoms with Crippen LogP contribution in [0.25, 0.3) is 0 Å². The summed E-state index contributed by atoms with van der Waals surface area (Å²) in [7, 11) is 0. The maximum atomic E-state index is 12.6. The fraction of sp³-hybridized carbons (Fsp3) is 0.360. The number of hydrogen-bond donors (Lipinski definition) is 2. The molecule has 184 valence electrons. The number of anilines is 1. The largest absolute Gasteiger partial charge is 0.454 e. The zero-order chi connectivity index (χ0) is 24.6. The van der Waals surface area contributed by atoms with Crippen LogP contribution in [-0.4, -0.2) is 42.8 Å². The summed E-state index contributed by atoms with van der Waals surface area (Å²) in [4.78, 5) is 49.8. The Balaban J connectivity index is 1.26. The number of carbonyl (C=O) groups excluding carboxylic acids is 4. The van der Waals surface area contributed by atoms with Gasteiger partial charge >= 0.3 is 5.97 Å².